The molecule has 0 N–H and O–H groups in total. The minimum atomic E-state index is 0.548. The van der Waals surface area contributed by atoms with E-state index in [0.717, 1.165) is 26.2 Å². The predicted molar refractivity (Wildman–Crippen MR) is 98.3 cm³/mol. The number of likely N-dealkylation sites (tertiary alicyclic amines) is 1. The van der Waals surface area contributed by atoms with Crippen LogP contribution in [0.1, 0.15) is 24.0 Å². The highest BCUT2D eigenvalue weighted by molar-refractivity contribution is 6.29. The Labute approximate surface area is 153 Å². The normalized spacial score (nSPS) is 16.7. The Bertz CT molecular complexity index is 637. The molecule has 0 atom stereocenters. The van der Waals surface area contributed by atoms with Gasteiger partial charge in [-0.3, -0.25) is 9.80 Å². The number of piperidine rings is 1. The molecule has 24 heavy (non-hydrogen) atoms. The first-order valence-corrected chi connectivity index (χ1v) is 8.99. The molecule has 0 aromatic carbocycles. The van der Waals surface area contributed by atoms with Crippen LogP contribution in [0, 0.1) is 0 Å². The van der Waals surface area contributed by atoms with Crippen LogP contribution in [-0.2, 0) is 13.1 Å². The minimum Gasteiger partial charge on any atom is -0.299 e. The van der Waals surface area contributed by atoms with E-state index < -0.39 is 0 Å². The first-order valence-electron chi connectivity index (χ1n) is 8.23. The fourth-order valence-electron chi connectivity index (χ4n) is 3.19. The molecule has 0 amide bonds. The van der Waals surface area contributed by atoms with Crippen molar-refractivity contribution >= 4 is 23.2 Å². The van der Waals surface area contributed by atoms with Gasteiger partial charge in [0.2, 0.25) is 0 Å². The molecule has 1 fully saturated rings. The van der Waals surface area contributed by atoms with Crippen molar-refractivity contribution in [2.24, 2.45) is 0 Å². The molecular weight excluding hydrogens is 343 g/mol. The second kappa shape index (κ2) is 8.26. The van der Waals surface area contributed by atoms with E-state index >= 15 is 0 Å². The summed E-state index contributed by atoms with van der Waals surface area (Å²) in [5, 5.41) is 1.10. The average Bonchev–Trinajstić information content (AvgIpc) is 2.59. The van der Waals surface area contributed by atoms with Crippen LogP contribution < -0.4 is 0 Å². The van der Waals surface area contributed by atoms with Gasteiger partial charge in [0, 0.05) is 31.5 Å². The van der Waals surface area contributed by atoms with Gasteiger partial charge < -0.3 is 0 Å². The lowest BCUT2D eigenvalue weighted by atomic mass is 10.0. The summed E-state index contributed by atoms with van der Waals surface area (Å²) in [6, 6.07) is 8.43. The number of rotatable bonds is 5. The fraction of sp³-hybridized carbons (Fsp3) is 0.444. The van der Waals surface area contributed by atoms with Crippen LogP contribution in [0.4, 0.5) is 0 Å². The van der Waals surface area contributed by atoms with Crippen LogP contribution in [-0.4, -0.2) is 45.9 Å². The summed E-state index contributed by atoms with van der Waals surface area (Å²) in [5.74, 6) is 0. The van der Waals surface area contributed by atoms with Gasteiger partial charge in [0.05, 0.1) is 0 Å². The molecule has 2 aromatic rings. The fourth-order valence-corrected chi connectivity index (χ4v) is 3.42. The van der Waals surface area contributed by atoms with Gasteiger partial charge in [-0.15, -0.1) is 0 Å². The highest BCUT2D eigenvalue weighted by atomic mass is 35.5. The van der Waals surface area contributed by atoms with Gasteiger partial charge in [-0.05, 0) is 56.2 Å². The van der Waals surface area contributed by atoms with Crippen LogP contribution in [0.3, 0.4) is 0 Å². The van der Waals surface area contributed by atoms with Crippen LogP contribution in [0.25, 0.3) is 0 Å². The molecule has 3 rings (SSSR count). The van der Waals surface area contributed by atoms with Crippen molar-refractivity contribution in [2.75, 3.05) is 20.1 Å². The van der Waals surface area contributed by atoms with Gasteiger partial charge in [-0.2, -0.15) is 0 Å². The third kappa shape index (κ3) is 4.90. The van der Waals surface area contributed by atoms with Gasteiger partial charge in [-0.1, -0.05) is 35.3 Å². The highest BCUT2D eigenvalue weighted by Crippen LogP contribution is 2.19. The second-order valence-electron chi connectivity index (χ2n) is 6.40. The smallest absolute Gasteiger partial charge is 0.129 e. The Hall–Kier alpha value is -1.20. The van der Waals surface area contributed by atoms with E-state index in [1.807, 2.05) is 24.5 Å². The maximum atomic E-state index is 5.85. The van der Waals surface area contributed by atoms with Crippen molar-refractivity contribution in [1.82, 2.24) is 19.8 Å². The summed E-state index contributed by atoms with van der Waals surface area (Å²) in [6.07, 6.45) is 6.09. The quantitative estimate of drug-likeness (QED) is 0.753. The van der Waals surface area contributed by atoms with E-state index in [0.29, 0.717) is 16.3 Å². The van der Waals surface area contributed by atoms with Crippen LogP contribution >= 0.6 is 23.2 Å². The summed E-state index contributed by atoms with van der Waals surface area (Å²) < 4.78 is 0. The van der Waals surface area contributed by atoms with Crippen molar-refractivity contribution in [3.63, 3.8) is 0 Å². The first kappa shape index (κ1) is 17.6. The van der Waals surface area contributed by atoms with Crippen molar-refractivity contribution in [3.8, 4) is 0 Å². The molecule has 1 aliphatic heterocycles. The topological polar surface area (TPSA) is 32.3 Å². The lowest BCUT2D eigenvalue weighted by molar-refractivity contribution is 0.119. The third-order valence-corrected chi connectivity index (χ3v) is 5.04. The van der Waals surface area contributed by atoms with Crippen molar-refractivity contribution in [3.05, 3.63) is 58.1 Å². The lowest BCUT2D eigenvalue weighted by Crippen LogP contribution is -2.42. The van der Waals surface area contributed by atoms with E-state index in [1.54, 1.807) is 0 Å². The molecule has 6 heteroatoms. The van der Waals surface area contributed by atoms with Crippen molar-refractivity contribution in [2.45, 2.75) is 32.0 Å². The van der Waals surface area contributed by atoms with E-state index in [4.69, 9.17) is 23.2 Å². The Kier molecular flexibility index (Phi) is 6.06. The summed E-state index contributed by atoms with van der Waals surface area (Å²) in [6.45, 7) is 4.07. The van der Waals surface area contributed by atoms with Gasteiger partial charge in [-0.25, -0.2) is 9.97 Å². The van der Waals surface area contributed by atoms with Gasteiger partial charge >= 0.3 is 0 Å². The van der Waals surface area contributed by atoms with E-state index in [1.165, 1.54) is 24.0 Å². The van der Waals surface area contributed by atoms with Crippen LogP contribution in [0.2, 0.25) is 10.3 Å². The van der Waals surface area contributed by atoms with E-state index in [9.17, 15) is 0 Å². The van der Waals surface area contributed by atoms with Crippen molar-refractivity contribution < 1.29 is 0 Å². The Morgan fingerprint density at radius 3 is 2.12 bits per heavy atom. The van der Waals surface area contributed by atoms with Crippen LogP contribution in [0.15, 0.2) is 36.7 Å². The lowest BCUT2D eigenvalue weighted by Gasteiger charge is -2.36. The molecule has 0 aliphatic carbocycles. The molecule has 2 aromatic heterocycles. The Morgan fingerprint density at radius 1 is 1.00 bits per heavy atom. The largest absolute Gasteiger partial charge is 0.299 e. The Morgan fingerprint density at radius 2 is 1.58 bits per heavy atom. The number of hydrogen-bond acceptors (Lipinski definition) is 4. The monoisotopic (exact) mass is 364 g/mol. The zero-order valence-corrected chi connectivity index (χ0v) is 15.3. The first-order chi connectivity index (χ1) is 11.6. The summed E-state index contributed by atoms with van der Waals surface area (Å²) in [5.41, 5.74) is 2.43. The molecule has 0 unspecified atom stereocenters. The number of aromatic nitrogens is 2. The maximum absolute atomic E-state index is 5.85. The molecule has 0 bridgehead atoms. The second-order valence-corrected chi connectivity index (χ2v) is 7.18. The molecule has 0 radical (unpaired) electrons. The van der Waals surface area contributed by atoms with Gasteiger partial charge in [0.15, 0.2) is 0 Å². The van der Waals surface area contributed by atoms with Crippen LogP contribution in [0.5, 0.6) is 0 Å². The molecule has 0 saturated carbocycles. The van der Waals surface area contributed by atoms with Gasteiger partial charge in [0.1, 0.15) is 10.3 Å². The summed E-state index contributed by atoms with van der Waals surface area (Å²) in [4.78, 5) is 13.2. The zero-order chi connectivity index (χ0) is 16.9. The van der Waals surface area contributed by atoms with Crippen molar-refractivity contribution in [1.29, 1.82) is 0 Å². The molecule has 1 aliphatic rings. The molecule has 3 heterocycles. The number of nitrogens with zero attached hydrogens (tertiary/aromatic N) is 4. The SMILES string of the molecule is CN(Cc1ccc(Cl)nc1)C1CCN(Cc2ccc(Cl)nc2)CC1. The number of halogens is 2. The predicted octanol–water partition coefficient (Wildman–Crippen LogP) is 3.88. The maximum Gasteiger partial charge on any atom is 0.129 e. The summed E-state index contributed by atoms with van der Waals surface area (Å²) >= 11 is 11.7. The third-order valence-electron chi connectivity index (χ3n) is 4.60. The molecule has 1 saturated heterocycles. The highest BCUT2D eigenvalue weighted by Gasteiger charge is 2.22. The molecule has 128 valence electrons. The van der Waals surface area contributed by atoms with E-state index in [2.05, 4.69) is 38.9 Å². The number of pyridine rings is 2. The molecule has 4 nitrogen and oxygen atoms in total. The van der Waals surface area contributed by atoms with Gasteiger partial charge in [0.25, 0.3) is 0 Å². The standard InChI is InChI=1S/C18H22Cl2N4/c1-23(12-14-2-4-17(19)21-10-14)16-6-8-24(9-7-16)13-15-3-5-18(20)22-11-15/h2-5,10-11,16H,6-9,12-13H2,1H3. The summed E-state index contributed by atoms with van der Waals surface area (Å²) in [7, 11) is 2.19. The average molecular weight is 365 g/mol. The Balaban J connectivity index is 1.47. The van der Waals surface area contributed by atoms with E-state index in [-0.39, 0.29) is 0 Å². The number of hydrogen-bond donors (Lipinski definition) is 0. The molecule has 0 spiro atoms. The zero-order valence-electron chi connectivity index (χ0n) is 13.8. The molecular formula is C18H22Cl2N4. The minimum absolute atomic E-state index is 0.548.